The van der Waals surface area contributed by atoms with Crippen molar-refractivity contribution in [3.05, 3.63) is 54.7 Å². The number of hydrogen-bond acceptors (Lipinski definition) is 4. The number of carbonyl (C=O) groups excluding carboxylic acids is 2. The summed E-state index contributed by atoms with van der Waals surface area (Å²) in [5.74, 6) is -1.12. The molecule has 0 unspecified atom stereocenters. The average molecular weight is 308 g/mol. The number of aliphatic carboxylic acids is 1. The maximum atomic E-state index is 12.0. The fourth-order valence-corrected chi connectivity index (χ4v) is 2.32. The summed E-state index contributed by atoms with van der Waals surface area (Å²) in [5, 5.41) is 13.3. The highest BCUT2D eigenvalue weighted by molar-refractivity contribution is 5.95. The molecule has 2 heterocycles. The van der Waals surface area contributed by atoms with E-state index in [1.807, 2.05) is 48.5 Å². The molecule has 0 aliphatic heterocycles. The lowest BCUT2D eigenvalue weighted by Gasteiger charge is -2.08. The fourth-order valence-electron chi connectivity index (χ4n) is 2.32. The molecule has 3 rings (SSSR count). The molecule has 3 aromatic rings. The van der Waals surface area contributed by atoms with Crippen LogP contribution in [0.3, 0.4) is 0 Å². The molecule has 6 heteroatoms. The van der Waals surface area contributed by atoms with Gasteiger partial charge in [-0.1, -0.05) is 36.4 Å². The first kappa shape index (κ1) is 14.8. The van der Waals surface area contributed by atoms with Crippen LogP contribution in [0.5, 0.6) is 0 Å². The van der Waals surface area contributed by atoms with Gasteiger partial charge >= 0.3 is 0 Å². The van der Waals surface area contributed by atoms with Gasteiger partial charge < -0.3 is 15.2 Å². The zero-order valence-electron chi connectivity index (χ0n) is 12.2. The Balaban J connectivity index is 2.00. The van der Waals surface area contributed by atoms with Gasteiger partial charge in [0, 0.05) is 24.2 Å². The van der Waals surface area contributed by atoms with Crippen LogP contribution in [-0.2, 0) is 9.59 Å². The second kappa shape index (κ2) is 6.31. The van der Waals surface area contributed by atoms with Gasteiger partial charge in [0.15, 0.2) is 0 Å². The summed E-state index contributed by atoms with van der Waals surface area (Å²) in [4.78, 5) is 27.0. The van der Waals surface area contributed by atoms with Crippen LogP contribution >= 0.6 is 0 Å². The zero-order valence-corrected chi connectivity index (χ0v) is 12.2. The van der Waals surface area contributed by atoms with Crippen LogP contribution in [0.4, 0.5) is 5.82 Å². The van der Waals surface area contributed by atoms with Crippen molar-refractivity contribution in [2.75, 3.05) is 5.32 Å². The van der Waals surface area contributed by atoms with E-state index in [4.69, 9.17) is 0 Å². The Morgan fingerprint density at radius 2 is 1.78 bits per heavy atom. The van der Waals surface area contributed by atoms with Crippen LogP contribution in [0.2, 0.25) is 0 Å². The number of carbonyl (C=O) groups is 2. The molecule has 0 bridgehead atoms. The number of amides is 1. The molecule has 0 aliphatic rings. The van der Waals surface area contributed by atoms with Gasteiger partial charge in [-0.05, 0) is 18.6 Å². The highest BCUT2D eigenvalue weighted by Crippen LogP contribution is 2.28. The number of carboxylic acid groups (broad SMARTS) is 1. The van der Waals surface area contributed by atoms with E-state index < -0.39 is 11.9 Å². The number of imidazole rings is 1. The monoisotopic (exact) mass is 308 g/mol. The van der Waals surface area contributed by atoms with Gasteiger partial charge in [0.05, 0.1) is 0 Å². The third-order valence-electron chi connectivity index (χ3n) is 3.39. The van der Waals surface area contributed by atoms with Crippen molar-refractivity contribution in [1.29, 1.82) is 0 Å². The van der Waals surface area contributed by atoms with Gasteiger partial charge in [0.25, 0.3) is 0 Å². The maximum Gasteiger partial charge on any atom is 0.225 e. The van der Waals surface area contributed by atoms with E-state index in [0.717, 1.165) is 5.56 Å². The van der Waals surface area contributed by atoms with Gasteiger partial charge in [-0.2, -0.15) is 0 Å². The number of anilines is 1. The average Bonchev–Trinajstić information content (AvgIpc) is 2.92. The summed E-state index contributed by atoms with van der Waals surface area (Å²) in [6.07, 6.45) is 1.34. The van der Waals surface area contributed by atoms with Gasteiger partial charge in [-0.3, -0.25) is 9.20 Å². The Kier molecular flexibility index (Phi) is 4.05. The maximum absolute atomic E-state index is 12.0. The molecule has 2 aromatic heterocycles. The second-order valence-corrected chi connectivity index (χ2v) is 5.02. The molecule has 116 valence electrons. The van der Waals surface area contributed by atoms with Gasteiger partial charge in [-0.15, -0.1) is 0 Å². The summed E-state index contributed by atoms with van der Waals surface area (Å²) < 4.78 is 1.76. The fraction of sp³-hybridized carbons (Fsp3) is 0.118. The summed E-state index contributed by atoms with van der Waals surface area (Å²) in [6, 6.07) is 15.0. The van der Waals surface area contributed by atoms with Crippen molar-refractivity contribution in [1.82, 2.24) is 9.38 Å². The first-order valence-corrected chi connectivity index (χ1v) is 7.17. The van der Waals surface area contributed by atoms with E-state index in [2.05, 4.69) is 10.3 Å². The van der Waals surface area contributed by atoms with E-state index in [-0.39, 0.29) is 12.8 Å². The molecule has 6 nitrogen and oxygen atoms in total. The van der Waals surface area contributed by atoms with E-state index in [9.17, 15) is 14.7 Å². The van der Waals surface area contributed by atoms with Crippen molar-refractivity contribution >= 4 is 23.3 Å². The Hall–Kier alpha value is -3.15. The molecule has 0 saturated heterocycles. The Morgan fingerprint density at radius 3 is 2.52 bits per heavy atom. The Morgan fingerprint density at radius 1 is 1.04 bits per heavy atom. The lowest BCUT2D eigenvalue weighted by atomic mass is 10.1. The van der Waals surface area contributed by atoms with Crippen LogP contribution in [0.15, 0.2) is 54.7 Å². The van der Waals surface area contributed by atoms with Gasteiger partial charge in [0.1, 0.15) is 17.2 Å². The smallest absolute Gasteiger partial charge is 0.225 e. The van der Waals surface area contributed by atoms with E-state index >= 15 is 0 Å². The molecular formula is C17H14N3O3-. The van der Waals surface area contributed by atoms with E-state index in [1.54, 1.807) is 10.6 Å². The molecule has 23 heavy (non-hydrogen) atoms. The highest BCUT2D eigenvalue weighted by Gasteiger charge is 2.15. The van der Waals surface area contributed by atoms with E-state index in [1.165, 1.54) is 0 Å². The normalized spacial score (nSPS) is 10.6. The topological polar surface area (TPSA) is 86.5 Å². The molecule has 0 saturated carbocycles. The summed E-state index contributed by atoms with van der Waals surface area (Å²) in [5.41, 5.74) is 2.20. The van der Waals surface area contributed by atoms with Crippen LogP contribution in [-0.4, -0.2) is 21.3 Å². The molecular weight excluding hydrogens is 294 g/mol. The molecule has 0 fully saturated rings. The number of pyridine rings is 1. The number of rotatable bonds is 5. The predicted octanol–water partition coefficient (Wildman–Crippen LogP) is 1.47. The molecule has 0 radical (unpaired) electrons. The largest absolute Gasteiger partial charge is 0.550 e. The quantitative estimate of drug-likeness (QED) is 0.773. The molecule has 1 aromatic carbocycles. The molecule has 1 amide bonds. The summed E-state index contributed by atoms with van der Waals surface area (Å²) >= 11 is 0. The van der Waals surface area contributed by atoms with Crippen LogP contribution < -0.4 is 10.4 Å². The lowest BCUT2D eigenvalue weighted by molar-refractivity contribution is -0.305. The zero-order chi connectivity index (χ0) is 16.2. The number of fused-ring (bicyclic) bond motifs is 1. The molecule has 0 atom stereocenters. The van der Waals surface area contributed by atoms with Crippen LogP contribution in [0.1, 0.15) is 12.8 Å². The second-order valence-electron chi connectivity index (χ2n) is 5.02. The van der Waals surface area contributed by atoms with Crippen molar-refractivity contribution in [3.8, 4) is 11.3 Å². The third-order valence-corrected chi connectivity index (χ3v) is 3.39. The van der Waals surface area contributed by atoms with Gasteiger partial charge in [-0.25, -0.2) is 4.98 Å². The number of hydrogen-bond donors (Lipinski definition) is 1. The number of aromatic nitrogens is 2. The van der Waals surface area contributed by atoms with Crippen LogP contribution in [0, 0.1) is 0 Å². The SMILES string of the molecule is O=C([O-])CCC(=O)Nc1c(-c2ccccc2)nc2ccccn12. The summed E-state index contributed by atoms with van der Waals surface area (Å²) in [6.45, 7) is 0. The lowest BCUT2D eigenvalue weighted by Crippen LogP contribution is -2.24. The van der Waals surface area contributed by atoms with Crippen molar-refractivity contribution in [3.63, 3.8) is 0 Å². The molecule has 1 N–H and O–H groups in total. The Bertz CT molecular complexity index is 856. The van der Waals surface area contributed by atoms with Crippen molar-refractivity contribution in [2.24, 2.45) is 0 Å². The minimum absolute atomic E-state index is 0.142. The highest BCUT2D eigenvalue weighted by atomic mass is 16.4. The minimum atomic E-state index is -1.25. The first-order valence-electron chi connectivity index (χ1n) is 7.17. The summed E-state index contributed by atoms with van der Waals surface area (Å²) in [7, 11) is 0. The molecule has 0 spiro atoms. The van der Waals surface area contributed by atoms with Crippen LogP contribution in [0.25, 0.3) is 16.9 Å². The number of benzene rings is 1. The minimum Gasteiger partial charge on any atom is -0.550 e. The van der Waals surface area contributed by atoms with Crippen molar-refractivity contribution < 1.29 is 14.7 Å². The first-order chi connectivity index (χ1) is 11.1. The number of carboxylic acids is 1. The molecule has 0 aliphatic carbocycles. The van der Waals surface area contributed by atoms with Gasteiger partial charge in [0.2, 0.25) is 5.91 Å². The third kappa shape index (κ3) is 3.21. The Labute approximate surface area is 132 Å². The number of nitrogens with zero attached hydrogens (tertiary/aromatic N) is 2. The standard InChI is InChI=1S/C17H15N3O3/c21-14(9-10-15(22)23)19-17-16(12-6-2-1-3-7-12)18-13-8-4-5-11-20(13)17/h1-8,11H,9-10H2,(H,19,21)(H,22,23)/p-1. The van der Waals surface area contributed by atoms with Crippen molar-refractivity contribution in [2.45, 2.75) is 12.8 Å². The number of nitrogens with one attached hydrogen (secondary N) is 1. The predicted molar refractivity (Wildman–Crippen MR) is 83.5 cm³/mol. The van der Waals surface area contributed by atoms with E-state index in [0.29, 0.717) is 17.2 Å².